The van der Waals surface area contributed by atoms with Gasteiger partial charge in [-0.25, -0.2) is 0 Å². The summed E-state index contributed by atoms with van der Waals surface area (Å²) in [6.07, 6.45) is 15.8. The maximum atomic E-state index is 12.4. The van der Waals surface area contributed by atoms with Gasteiger partial charge in [-0.2, -0.15) is 0 Å². The zero-order chi connectivity index (χ0) is 16.2. The fourth-order valence-electron chi connectivity index (χ4n) is 3.48. The molecule has 1 rings (SSSR count). The fraction of sp³-hybridized carbons (Fsp3) is 0.850. The number of carbonyl (C=O) groups is 2. The number of Topliss-reactive ketones (excluding diaryl/α,β-unsaturated/α-hetero) is 2. The van der Waals surface area contributed by atoms with Gasteiger partial charge in [0.1, 0.15) is 11.6 Å². The normalized spacial score (nSPS) is 22.7. The van der Waals surface area contributed by atoms with Crippen molar-refractivity contribution in [2.24, 2.45) is 5.92 Å². The van der Waals surface area contributed by atoms with E-state index in [1.807, 2.05) is 13.8 Å². The van der Waals surface area contributed by atoms with Crippen LogP contribution in [-0.4, -0.2) is 11.6 Å². The van der Waals surface area contributed by atoms with Gasteiger partial charge in [0, 0.05) is 12.8 Å². The molecule has 0 amide bonds. The van der Waals surface area contributed by atoms with E-state index in [0.29, 0.717) is 12.8 Å². The summed E-state index contributed by atoms with van der Waals surface area (Å²) in [6, 6.07) is 0. The van der Waals surface area contributed by atoms with Crippen LogP contribution in [0, 0.1) is 11.8 Å². The van der Waals surface area contributed by atoms with Crippen molar-refractivity contribution in [2.45, 2.75) is 104 Å². The van der Waals surface area contributed by atoms with Crippen LogP contribution in [0.3, 0.4) is 0 Å². The minimum absolute atomic E-state index is 0.161. The first-order valence-electron chi connectivity index (χ1n) is 9.48. The maximum absolute atomic E-state index is 12.4. The largest absolute Gasteiger partial charge is 0.299 e. The minimum Gasteiger partial charge on any atom is -0.299 e. The first kappa shape index (κ1) is 19.4. The minimum atomic E-state index is -0.421. The topological polar surface area (TPSA) is 34.1 Å². The van der Waals surface area contributed by atoms with Crippen molar-refractivity contribution >= 4 is 11.6 Å². The molecule has 0 heterocycles. The summed E-state index contributed by atoms with van der Waals surface area (Å²) < 4.78 is 0. The van der Waals surface area contributed by atoms with E-state index < -0.39 is 5.92 Å². The first-order valence-corrected chi connectivity index (χ1v) is 9.48. The van der Waals surface area contributed by atoms with E-state index >= 15 is 0 Å². The van der Waals surface area contributed by atoms with Crippen molar-refractivity contribution < 1.29 is 9.59 Å². The molecular weight excluding hydrogens is 272 g/mol. The molecule has 0 unspecified atom stereocenters. The van der Waals surface area contributed by atoms with E-state index in [9.17, 15) is 9.59 Å². The van der Waals surface area contributed by atoms with Gasteiger partial charge >= 0.3 is 0 Å². The molecule has 0 aromatic carbocycles. The molecule has 1 radical (unpaired) electrons. The third kappa shape index (κ3) is 8.10. The molecule has 0 spiro atoms. The molecule has 0 aromatic rings. The average Bonchev–Trinajstić information content (AvgIpc) is 2.46. The van der Waals surface area contributed by atoms with Crippen LogP contribution in [0.2, 0.25) is 0 Å². The zero-order valence-corrected chi connectivity index (χ0v) is 14.8. The van der Waals surface area contributed by atoms with Crippen LogP contribution in [0.15, 0.2) is 0 Å². The summed E-state index contributed by atoms with van der Waals surface area (Å²) in [7, 11) is 0. The molecule has 1 aliphatic carbocycles. The van der Waals surface area contributed by atoms with Crippen molar-refractivity contribution in [3.05, 3.63) is 5.92 Å². The molecule has 0 atom stereocenters. The van der Waals surface area contributed by atoms with Gasteiger partial charge in [0.2, 0.25) is 0 Å². The standard InChI is InChI=1S/C20H35O2/c1-17(2)20-18(21)15-13-11-9-7-5-3-4-6-8-10-12-14-16-19(20)22/h20H,3-16H2,1-2H3. The van der Waals surface area contributed by atoms with E-state index in [-0.39, 0.29) is 11.6 Å². The van der Waals surface area contributed by atoms with E-state index in [0.717, 1.165) is 31.6 Å². The van der Waals surface area contributed by atoms with E-state index in [1.54, 1.807) is 0 Å². The molecule has 0 N–H and O–H groups in total. The highest BCUT2D eigenvalue weighted by molar-refractivity contribution is 6.04. The number of ketones is 2. The highest BCUT2D eigenvalue weighted by atomic mass is 16.1. The lowest BCUT2D eigenvalue weighted by Gasteiger charge is -2.18. The molecule has 0 aliphatic heterocycles. The number of carbonyl (C=O) groups excluding carboxylic acids is 2. The van der Waals surface area contributed by atoms with E-state index in [2.05, 4.69) is 0 Å². The van der Waals surface area contributed by atoms with Gasteiger partial charge in [0.05, 0.1) is 5.92 Å². The molecule has 0 aromatic heterocycles. The smallest absolute Gasteiger partial charge is 0.143 e. The van der Waals surface area contributed by atoms with Crippen molar-refractivity contribution in [3.63, 3.8) is 0 Å². The van der Waals surface area contributed by atoms with Crippen LogP contribution in [0.4, 0.5) is 0 Å². The second kappa shape index (κ2) is 11.8. The van der Waals surface area contributed by atoms with Gasteiger partial charge < -0.3 is 0 Å². The lowest BCUT2D eigenvalue weighted by atomic mass is 9.83. The van der Waals surface area contributed by atoms with Crippen LogP contribution in [0.25, 0.3) is 0 Å². The number of hydrogen-bond acceptors (Lipinski definition) is 2. The van der Waals surface area contributed by atoms with E-state index in [4.69, 9.17) is 0 Å². The van der Waals surface area contributed by atoms with Crippen molar-refractivity contribution in [1.82, 2.24) is 0 Å². The molecule has 1 aliphatic rings. The zero-order valence-electron chi connectivity index (χ0n) is 14.8. The predicted molar refractivity (Wildman–Crippen MR) is 92.7 cm³/mol. The van der Waals surface area contributed by atoms with Crippen LogP contribution >= 0.6 is 0 Å². The highest BCUT2D eigenvalue weighted by Crippen LogP contribution is 2.22. The van der Waals surface area contributed by atoms with Gasteiger partial charge in [-0.3, -0.25) is 9.59 Å². The molecule has 2 nitrogen and oxygen atoms in total. The van der Waals surface area contributed by atoms with Gasteiger partial charge in [0.25, 0.3) is 0 Å². The van der Waals surface area contributed by atoms with Crippen molar-refractivity contribution in [1.29, 1.82) is 0 Å². The second-order valence-electron chi connectivity index (χ2n) is 7.19. The van der Waals surface area contributed by atoms with Gasteiger partial charge in [-0.15, -0.1) is 0 Å². The molecule has 0 bridgehead atoms. The SMILES string of the molecule is C[C](C)C1C(=O)CCCCCCCCCCCCCCC1=O. The Hall–Kier alpha value is -0.660. The Morgan fingerprint density at radius 2 is 0.864 bits per heavy atom. The van der Waals surface area contributed by atoms with Crippen LogP contribution < -0.4 is 0 Å². The lowest BCUT2D eigenvalue weighted by molar-refractivity contribution is -0.132. The predicted octanol–water partition coefficient (Wildman–Crippen LogP) is 5.83. The lowest BCUT2D eigenvalue weighted by Crippen LogP contribution is -2.27. The summed E-state index contributed by atoms with van der Waals surface area (Å²) in [4.78, 5) is 24.7. The summed E-state index contributed by atoms with van der Waals surface area (Å²) >= 11 is 0. The van der Waals surface area contributed by atoms with Crippen LogP contribution in [0.5, 0.6) is 0 Å². The third-order valence-corrected chi connectivity index (χ3v) is 4.82. The van der Waals surface area contributed by atoms with Crippen LogP contribution in [0.1, 0.15) is 104 Å². The monoisotopic (exact) mass is 307 g/mol. The molecule has 1 saturated carbocycles. The van der Waals surface area contributed by atoms with Gasteiger partial charge in [-0.05, 0) is 18.8 Å². The Bertz CT molecular complexity index is 292. The molecule has 1 fully saturated rings. The Morgan fingerprint density at radius 3 is 1.14 bits per heavy atom. The number of hydrogen-bond donors (Lipinski definition) is 0. The summed E-state index contributed by atoms with van der Waals surface area (Å²) in [5.41, 5.74) is 0. The molecule has 2 heteroatoms. The van der Waals surface area contributed by atoms with Crippen LogP contribution in [-0.2, 0) is 9.59 Å². The quantitative estimate of drug-likeness (QED) is 0.571. The van der Waals surface area contributed by atoms with E-state index in [1.165, 1.54) is 51.4 Å². The van der Waals surface area contributed by atoms with Crippen molar-refractivity contribution in [2.75, 3.05) is 0 Å². The second-order valence-corrected chi connectivity index (χ2v) is 7.19. The molecular formula is C20H35O2. The third-order valence-electron chi connectivity index (χ3n) is 4.82. The van der Waals surface area contributed by atoms with Gasteiger partial charge in [0.15, 0.2) is 0 Å². The Kier molecular flexibility index (Phi) is 10.4. The summed E-state index contributed by atoms with van der Waals surface area (Å²) in [6.45, 7) is 3.87. The highest BCUT2D eigenvalue weighted by Gasteiger charge is 2.28. The van der Waals surface area contributed by atoms with Gasteiger partial charge in [-0.1, -0.05) is 78.1 Å². The van der Waals surface area contributed by atoms with Crippen molar-refractivity contribution in [3.8, 4) is 0 Å². The first-order chi connectivity index (χ1) is 10.6. The summed E-state index contributed by atoms with van der Waals surface area (Å²) in [5.74, 6) is 0.882. The molecule has 22 heavy (non-hydrogen) atoms. The summed E-state index contributed by atoms with van der Waals surface area (Å²) in [5, 5.41) is 0. The molecule has 0 saturated heterocycles. The average molecular weight is 307 g/mol. The Labute approximate surface area is 137 Å². The maximum Gasteiger partial charge on any atom is 0.143 e. The Balaban J connectivity index is 2.50. The molecule has 127 valence electrons. The number of rotatable bonds is 1. The Morgan fingerprint density at radius 1 is 0.591 bits per heavy atom. The fourth-order valence-corrected chi connectivity index (χ4v) is 3.48.